The quantitative estimate of drug-likeness (QED) is 0.336. The second kappa shape index (κ2) is 15.7. The van der Waals surface area contributed by atoms with E-state index >= 15 is 0 Å². The molecule has 0 aliphatic rings. The molecule has 0 aliphatic heterocycles. The Hall–Kier alpha value is -0.380. The first-order chi connectivity index (χ1) is 9.35. The minimum Gasteiger partial charge on any atom is -0.396 e. The van der Waals surface area contributed by atoms with E-state index in [1.165, 1.54) is 38.5 Å². The molecule has 3 heteroatoms. The zero-order valence-corrected chi connectivity index (χ0v) is 12.3. The first-order valence-electron chi connectivity index (χ1n) is 7.84. The van der Waals surface area contributed by atoms with Crippen molar-refractivity contribution in [3.8, 4) is 0 Å². The highest BCUT2D eigenvalue weighted by Gasteiger charge is 2.02. The molecule has 0 heterocycles. The van der Waals surface area contributed by atoms with E-state index in [9.17, 15) is 0 Å². The number of unbranched alkanes of at least 4 members (excludes halogenated alkanes) is 8. The van der Waals surface area contributed by atoms with Crippen molar-refractivity contribution in [2.45, 2.75) is 64.2 Å². The van der Waals surface area contributed by atoms with Gasteiger partial charge in [0.15, 0.2) is 0 Å². The number of aliphatic hydroxyl groups is 3. The maximum Gasteiger partial charge on any atom is 0.0612 e. The molecule has 0 amide bonds. The lowest BCUT2D eigenvalue weighted by molar-refractivity contribution is 0.242. The molecule has 0 fully saturated rings. The van der Waals surface area contributed by atoms with Crippen LogP contribution in [0.4, 0.5) is 0 Å². The Bertz CT molecular complexity index is 192. The Labute approximate surface area is 118 Å². The zero-order chi connectivity index (χ0) is 14.2. The lowest BCUT2D eigenvalue weighted by Gasteiger charge is -2.08. The van der Waals surface area contributed by atoms with Crippen LogP contribution in [-0.2, 0) is 0 Å². The van der Waals surface area contributed by atoms with Crippen molar-refractivity contribution >= 4 is 0 Å². The van der Waals surface area contributed by atoms with Gasteiger partial charge in [-0.15, -0.1) is 0 Å². The van der Waals surface area contributed by atoms with Crippen LogP contribution in [0.25, 0.3) is 0 Å². The molecule has 0 saturated heterocycles. The molecule has 114 valence electrons. The highest BCUT2D eigenvalue weighted by Crippen LogP contribution is 2.14. The van der Waals surface area contributed by atoms with Gasteiger partial charge in [0.05, 0.1) is 6.61 Å². The molecule has 1 atom stereocenters. The van der Waals surface area contributed by atoms with E-state index in [-0.39, 0.29) is 19.1 Å². The highest BCUT2D eigenvalue weighted by atomic mass is 16.3. The van der Waals surface area contributed by atoms with Gasteiger partial charge in [-0.2, -0.15) is 0 Å². The molecule has 19 heavy (non-hydrogen) atoms. The van der Waals surface area contributed by atoms with Gasteiger partial charge in [-0.05, 0) is 18.8 Å². The minimum atomic E-state index is 0.0623. The monoisotopic (exact) mass is 272 g/mol. The average molecular weight is 272 g/mol. The van der Waals surface area contributed by atoms with Gasteiger partial charge in [0.1, 0.15) is 0 Å². The van der Waals surface area contributed by atoms with Crippen LogP contribution >= 0.6 is 0 Å². The maximum atomic E-state index is 9.15. The lowest BCUT2D eigenvalue weighted by atomic mass is 10.00. The number of aliphatic hydroxyl groups excluding tert-OH is 3. The van der Waals surface area contributed by atoms with Gasteiger partial charge in [0.2, 0.25) is 0 Å². The smallest absolute Gasteiger partial charge is 0.0612 e. The summed E-state index contributed by atoms with van der Waals surface area (Å²) in [6, 6.07) is 0. The van der Waals surface area contributed by atoms with Gasteiger partial charge in [-0.3, -0.25) is 0 Å². The largest absolute Gasteiger partial charge is 0.396 e. The minimum absolute atomic E-state index is 0.0623. The molecule has 0 rings (SSSR count). The molecular weight excluding hydrogens is 240 g/mol. The zero-order valence-electron chi connectivity index (χ0n) is 12.3. The van der Waals surface area contributed by atoms with Crippen molar-refractivity contribution in [2.75, 3.05) is 19.8 Å². The van der Waals surface area contributed by atoms with Crippen LogP contribution in [0, 0.1) is 5.92 Å². The fourth-order valence-corrected chi connectivity index (χ4v) is 2.26. The Morgan fingerprint density at radius 2 is 1.21 bits per heavy atom. The molecule has 0 aromatic rings. The third kappa shape index (κ3) is 13.8. The Morgan fingerprint density at radius 3 is 1.68 bits per heavy atom. The molecule has 0 spiro atoms. The molecule has 0 aromatic heterocycles. The summed E-state index contributed by atoms with van der Waals surface area (Å²) >= 11 is 0. The van der Waals surface area contributed by atoms with Crippen molar-refractivity contribution in [3.05, 3.63) is 12.2 Å². The number of hydrogen-bond donors (Lipinski definition) is 3. The Morgan fingerprint density at radius 1 is 0.684 bits per heavy atom. The van der Waals surface area contributed by atoms with E-state index < -0.39 is 0 Å². The van der Waals surface area contributed by atoms with E-state index in [0.717, 1.165) is 25.7 Å². The summed E-state index contributed by atoms with van der Waals surface area (Å²) in [4.78, 5) is 0. The van der Waals surface area contributed by atoms with Crippen molar-refractivity contribution in [1.82, 2.24) is 0 Å². The van der Waals surface area contributed by atoms with E-state index in [2.05, 4.69) is 0 Å². The van der Waals surface area contributed by atoms with E-state index in [1.807, 2.05) is 6.08 Å². The van der Waals surface area contributed by atoms with Gasteiger partial charge in [0.25, 0.3) is 0 Å². The first kappa shape index (κ1) is 18.6. The summed E-state index contributed by atoms with van der Waals surface area (Å²) in [5, 5.41) is 26.5. The van der Waals surface area contributed by atoms with Crippen LogP contribution in [0.3, 0.4) is 0 Å². The standard InChI is InChI=1S/C16H32O3/c17-13-9-7-5-3-1-2-4-6-8-11-16(15-19)12-10-14-18/h10,12,16-19H,1-9,11,13-15H2. The normalized spacial score (nSPS) is 13.2. The van der Waals surface area contributed by atoms with Gasteiger partial charge in [0, 0.05) is 13.2 Å². The number of hydrogen-bond acceptors (Lipinski definition) is 3. The SMILES string of the molecule is OCC=CC(CO)CCCCCCCCCCCO. The highest BCUT2D eigenvalue weighted by molar-refractivity contribution is 4.87. The molecule has 3 nitrogen and oxygen atoms in total. The first-order valence-corrected chi connectivity index (χ1v) is 7.84. The summed E-state index contributed by atoms with van der Waals surface area (Å²) in [7, 11) is 0. The summed E-state index contributed by atoms with van der Waals surface area (Å²) in [5.41, 5.74) is 0. The molecule has 0 radical (unpaired) electrons. The number of rotatable bonds is 14. The summed E-state index contributed by atoms with van der Waals surface area (Å²) in [6.45, 7) is 0.574. The molecule has 0 bridgehead atoms. The van der Waals surface area contributed by atoms with Gasteiger partial charge < -0.3 is 15.3 Å². The van der Waals surface area contributed by atoms with Crippen LogP contribution in [0.2, 0.25) is 0 Å². The third-order valence-corrected chi connectivity index (χ3v) is 3.48. The average Bonchev–Trinajstić information content (AvgIpc) is 2.44. The van der Waals surface area contributed by atoms with Gasteiger partial charge in [-0.25, -0.2) is 0 Å². The fourth-order valence-electron chi connectivity index (χ4n) is 2.26. The maximum absolute atomic E-state index is 9.15. The van der Waals surface area contributed by atoms with Crippen LogP contribution in [0.15, 0.2) is 12.2 Å². The second-order valence-corrected chi connectivity index (χ2v) is 5.25. The van der Waals surface area contributed by atoms with Crippen molar-refractivity contribution in [3.63, 3.8) is 0 Å². The third-order valence-electron chi connectivity index (χ3n) is 3.48. The predicted molar refractivity (Wildman–Crippen MR) is 80.1 cm³/mol. The Kier molecular flexibility index (Phi) is 15.4. The van der Waals surface area contributed by atoms with Crippen LogP contribution in [0.5, 0.6) is 0 Å². The lowest BCUT2D eigenvalue weighted by Crippen LogP contribution is -2.02. The Balaban J connectivity index is 3.23. The van der Waals surface area contributed by atoms with E-state index in [4.69, 9.17) is 15.3 Å². The van der Waals surface area contributed by atoms with Crippen molar-refractivity contribution < 1.29 is 15.3 Å². The fraction of sp³-hybridized carbons (Fsp3) is 0.875. The van der Waals surface area contributed by atoms with E-state index in [1.54, 1.807) is 6.08 Å². The van der Waals surface area contributed by atoms with Crippen molar-refractivity contribution in [1.29, 1.82) is 0 Å². The van der Waals surface area contributed by atoms with Crippen LogP contribution in [-0.4, -0.2) is 35.1 Å². The predicted octanol–water partition coefficient (Wildman–Crippen LogP) is 3.04. The van der Waals surface area contributed by atoms with E-state index in [0.29, 0.717) is 6.61 Å². The summed E-state index contributed by atoms with van der Waals surface area (Å²) < 4.78 is 0. The van der Waals surface area contributed by atoms with Gasteiger partial charge in [-0.1, -0.05) is 63.5 Å². The summed E-state index contributed by atoms with van der Waals surface area (Å²) in [6.07, 6.45) is 15.6. The molecule has 1 unspecified atom stereocenters. The molecule has 0 saturated carbocycles. The molecule has 0 aromatic carbocycles. The topological polar surface area (TPSA) is 60.7 Å². The second-order valence-electron chi connectivity index (χ2n) is 5.25. The van der Waals surface area contributed by atoms with Crippen LogP contribution in [0.1, 0.15) is 64.2 Å². The van der Waals surface area contributed by atoms with Crippen LogP contribution < -0.4 is 0 Å². The molecular formula is C16H32O3. The van der Waals surface area contributed by atoms with Gasteiger partial charge >= 0.3 is 0 Å². The summed E-state index contributed by atoms with van der Waals surface area (Å²) in [5.74, 6) is 0.214. The molecule has 3 N–H and O–H groups in total. The van der Waals surface area contributed by atoms with Crippen molar-refractivity contribution in [2.24, 2.45) is 5.92 Å². The molecule has 0 aliphatic carbocycles.